The molecule has 0 saturated heterocycles. The van der Waals surface area contributed by atoms with Crippen LogP contribution in [0.3, 0.4) is 0 Å². The number of benzene rings is 1. The van der Waals surface area contributed by atoms with Gasteiger partial charge in [0.15, 0.2) is 0 Å². The molecule has 0 N–H and O–H groups in total. The summed E-state index contributed by atoms with van der Waals surface area (Å²) in [5.41, 5.74) is 1.23. The number of ether oxygens (including phenoxy) is 2. The molecule has 2 atom stereocenters. The van der Waals surface area contributed by atoms with E-state index in [0.29, 0.717) is 0 Å². The lowest BCUT2D eigenvalue weighted by atomic mass is 10.0. The third kappa shape index (κ3) is 5.80. The quantitative estimate of drug-likeness (QED) is 0.529. The Kier molecular flexibility index (Phi) is 7.98. The van der Waals surface area contributed by atoms with Crippen molar-refractivity contribution in [1.82, 2.24) is 0 Å². The van der Waals surface area contributed by atoms with Gasteiger partial charge in [0.05, 0.1) is 18.3 Å². The molecule has 0 amide bonds. The van der Waals surface area contributed by atoms with Gasteiger partial charge < -0.3 is 9.47 Å². The van der Waals surface area contributed by atoms with E-state index in [0.717, 1.165) is 17.3 Å². The van der Waals surface area contributed by atoms with Crippen LogP contribution in [0.15, 0.2) is 30.3 Å². The highest BCUT2D eigenvalue weighted by atomic mass is 127. The predicted octanol–water partition coefficient (Wildman–Crippen LogP) is 2.98. The number of nitriles is 1. The van der Waals surface area contributed by atoms with Crippen molar-refractivity contribution in [3.8, 4) is 6.07 Å². The van der Waals surface area contributed by atoms with Crippen molar-refractivity contribution < 1.29 is 9.47 Å². The average Bonchev–Trinajstić information content (AvgIpc) is 2.42. The molecule has 3 nitrogen and oxygen atoms in total. The zero-order chi connectivity index (χ0) is 13.2. The molecular weight excluding hydrogens is 341 g/mol. The fourth-order valence-electron chi connectivity index (χ4n) is 1.76. The largest absolute Gasteiger partial charge is 0.381 e. The molecule has 0 aliphatic heterocycles. The molecule has 0 aliphatic carbocycles. The fourth-order valence-corrected chi connectivity index (χ4v) is 2.48. The molecule has 18 heavy (non-hydrogen) atoms. The van der Waals surface area contributed by atoms with Crippen LogP contribution in [-0.4, -0.2) is 30.4 Å². The Balaban J connectivity index is 2.57. The summed E-state index contributed by atoms with van der Waals surface area (Å²) in [6.07, 6.45) is 1.85. The van der Waals surface area contributed by atoms with E-state index in [-0.39, 0.29) is 18.8 Å². The van der Waals surface area contributed by atoms with Crippen molar-refractivity contribution in [1.29, 1.82) is 5.26 Å². The topological polar surface area (TPSA) is 42.2 Å². The molecule has 0 fully saturated rings. The Bertz CT molecular complexity index is 360. The third-order valence-corrected chi connectivity index (χ3v) is 3.70. The first-order valence-electron chi connectivity index (χ1n) is 5.91. The molecule has 1 aromatic rings. The molecule has 0 spiro atoms. The summed E-state index contributed by atoms with van der Waals surface area (Å²) in [5.74, 6) is 0. The second-order valence-corrected chi connectivity index (χ2v) is 4.91. The first-order chi connectivity index (χ1) is 8.80. The van der Waals surface area contributed by atoms with E-state index >= 15 is 0 Å². The van der Waals surface area contributed by atoms with E-state index in [9.17, 15) is 0 Å². The molecule has 1 aromatic carbocycles. The molecule has 0 aliphatic rings. The minimum absolute atomic E-state index is 0.0340. The zero-order valence-electron chi connectivity index (χ0n) is 10.5. The summed E-state index contributed by atoms with van der Waals surface area (Å²) in [7, 11) is 1.72. The highest BCUT2D eigenvalue weighted by Gasteiger charge is 2.16. The number of halogens is 1. The summed E-state index contributed by atoms with van der Waals surface area (Å²) in [4.78, 5) is 0. The normalized spacial score (nSPS) is 13.8. The first kappa shape index (κ1) is 15.4. The lowest BCUT2D eigenvalue weighted by molar-refractivity contribution is 0.0210. The van der Waals surface area contributed by atoms with Crippen molar-refractivity contribution in [3.63, 3.8) is 0 Å². The SMILES string of the molecule is CO[C@@H](CI)C[C@@H](Cc1ccccc1)OCC#N. The van der Waals surface area contributed by atoms with Gasteiger partial charge >= 0.3 is 0 Å². The number of alkyl halides is 1. The molecule has 0 heterocycles. The summed E-state index contributed by atoms with van der Waals surface area (Å²) in [6.45, 7) is 0.134. The van der Waals surface area contributed by atoms with E-state index < -0.39 is 0 Å². The van der Waals surface area contributed by atoms with Crippen molar-refractivity contribution in [3.05, 3.63) is 35.9 Å². The number of methoxy groups -OCH3 is 1. The minimum Gasteiger partial charge on any atom is -0.381 e. The summed E-state index contributed by atoms with van der Waals surface area (Å²) in [6, 6.07) is 12.2. The standard InChI is InChI=1S/C14H18INO2/c1-17-14(11-15)10-13(18-8-7-16)9-12-5-3-2-4-6-12/h2-6,13-14H,8-11H2,1H3/t13-,14-/m1/s1. The van der Waals surface area contributed by atoms with Gasteiger partial charge in [-0.25, -0.2) is 0 Å². The molecule has 1 rings (SSSR count). The van der Waals surface area contributed by atoms with Crippen LogP contribution in [0.2, 0.25) is 0 Å². The number of rotatable bonds is 8. The highest BCUT2D eigenvalue weighted by molar-refractivity contribution is 14.1. The van der Waals surface area contributed by atoms with Crippen LogP contribution in [-0.2, 0) is 15.9 Å². The number of hydrogen-bond donors (Lipinski definition) is 0. The average molecular weight is 359 g/mol. The Labute approximate surface area is 122 Å². The third-order valence-electron chi connectivity index (χ3n) is 2.72. The fraction of sp³-hybridized carbons (Fsp3) is 0.500. The molecule has 0 aromatic heterocycles. The van der Waals surface area contributed by atoms with E-state index in [1.807, 2.05) is 24.3 Å². The molecule has 0 saturated carbocycles. The number of hydrogen-bond acceptors (Lipinski definition) is 3. The van der Waals surface area contributed by atoms with Gasteiger partial charge in [-0.3, -0.25) is 0 Å². The van der Waals surface area contributed by atoms with Gasteiger partial charge in [0.1, 0.15) is 6.61 Å². The van der Waals surface area contributed by atoms with Gasteiger partial charge in [-0.15, -0.1) is 0 Å². The first-order valence-corrected chi connectivity index (χ1v) is 7.44. The molecule has 0 radical (unpaired) electrons. The van der Waals surface area contributed by atoms with Gasteiger partial charge in [0.2, 0.25) is 0 Å². The monoisotopic (exact) mass is 359 g/mol. The molecule has 0 bridgehead atoms. The summed E-state index contributed by atoms with van der Waals surface area (Å²) < 4.78 is 11.9. The minimum atomic E-state index is 0.0340. The smallest absolute Gasteiger partial charge is 0.134 e. The Hall–Kier alpha value is -0.640. The van der Waals surface area contributed by atoms with Crippen LogP contribution in [0.25, 0.3) is 0 Å². The van der Waals surface area contributed by atoms with Crippen LogP contribution in [0.1, 0.15) is 12.0 Å². The van der Waals surface area contributed by atoms with Crippen molar-refractivity contribution >= 4 is 22.6 Å². The number of nitrogens with zero attached hydrogens (tertiary/aromatic N) is 1. The van der Waals surface area contributed by atoms with Gasteiger partial charge in [0.25, 0.3) is 0 Å². The highest BCUT2D eigenvalue weighted by Crippen LogP contribution is 2.14. The van der Waals surface area contributed by atoms with Crippen molar-refractivity contribution in [2.45, 2.75) is 25.0 Å². The summed E-state index contributed by atoms with van der Waals surface area (Å²) in [5, 5.41) is 8.62. The Morgan fingerprint density at radius 2 is 2.00 bits per heavy atom. The second-order valence-electron chi connectivity index (χ2n) is 4.03. The Morgan fingerprint density at radius 3 is 2.56 bits per heavy atom. The van der Waals surface area contributed by atoms with Crippen LogP contribution >= 0.6 is 22.6 Å². The van der Waals surface area contributed by atoms with Crippen LogP contribution < -0.4 is 0 Å². The van der Waals surface area contributed by atoms with Crippen LogP contribution in [0.5, 0.6) is 0 Å². The predicted molar refractivity (Wildman–Crippen MR) is 79.8 cm³/mol. The molecule has 98 valence electrons. The molecule has 4 heteroatoms. The lowest BCUT2D eigenvalue weighted by Gasteiger charge is -2.21. The zero-order valence-corrected chi connectivity index (χ0v) is 12.7. The van der Waals surface area contributed by atoms with Crippen LogP contribution in [0, 0.1) is 11.3 Å². The van der Waals surface area contributed by atoms with Crippen molar-refractivity contribution in [2.75, 3.05) is 18.1 Å². The lowest BCUT2D eigenvalue weighted by Crippen LogP contribution is -2.25. The van der Waals surface area contributed by atoms with Gasteiger partial charge in [0, 0.05) is 18.0 Å². The van der Waals surface area contributed by atoms with Gasteiger partial charge in [-0.2, -0.15) is 5.26 Å². The Morgan fingerprint density at radius 1 is 1.28 bits per heavy atom. The van der Waals surface area contributed by atoms with Crippen LogP contribution in [0.4, 0.5) is 0 Å². The van der Waals surface area contributed by atoms with Crippen molar-refractivity contribution in [2.24, 2.45) is 0 Å². The molecular formula is C14H18INO2. The van der Waals surface area contributed by atoms with E-state index in [1.165, 1.54) is 5.56 Å². The van der Waals surface area contributed by atoms with E-state index in [1.54, 1.807) is 7.11 Å². The molecule has 0 unspecified atom stereocenters. The second kappa shape index (κ2) is 9.31. The maximum atomic E-state index is 8.62. The van der Waals surface area contributed by atoms with Gasteiger partial charge in [-0.1, -0.05) is 52.9 Å². The van der Waals surface area contributed by atoms with Gasteiger partial charge in [-0.05, 0) is 12.0 Å². The summed E-state index contributed by atoms with van der Waals surface area (Å²) >= 11 is 2.31. The maximum absolute atomic E-state index is 8.62. The maximum Gasteiger partial charge on any atom is 0.134 e. The van der Waals surface area contributed by atoms with E-state index in [2.05, 4.69) is 34.7 Å². The van der Waals surface area contributed by atoms with E-state index in [4.69, 9.17) is 14.7 Å².